The number of nitrogens with zero attached hydrogens (tertiary/aromatic N) is 1. The van der Waals surface area contributed by atoms with Crippen LogP contribution in [0.3, 0.4) is 0 Å². The molecule has 5 heteroatoms. The van der Waals surface area contributed by atoms with Crippen LogP contribution in [0.2, 0.25) is 5.02 Å². The van der Waals surface area contributed by atoms with Crippen molar-refractivity contribution in [3.05, 3.63) is 34.6 Å². The molecular weight excluding hydrogens is 277 g/mol. The Hall–Kier alpha value is -0.680. The van der Waals surface area contributed by atoms with Gasteiger partial charge in [-0.2, -0.15) is 0 Å². The first kappa shape index (κ1) is 15.7. The van der Waals surface area contributed by atoms with Gasteiger partial charge in [0.05, 0.1) is 5.02 Å². The Balaban J connectivity index is 2.21. The van der Waals surface area contributed by atoms with Gasteiger partial charge in [0, 0.05) is 11.6 Å². The molecule has 20 heavy (non-hydrogen) atoms. The van der Waals surface area contributed by atoms with Crippen molar-refractivity contribution in [1.29, 1.82) is 0 Å². The average molecular weight is 300 g/mol. The van der Waals surface area contributed by atoms with Gasteiger partial charge in [-0.1, -0.05) is 30.5 Å². The molecule has 0 saturated heterocycles. The number of nitrogens with two attached hydrogens (primary N) is 1. The third-order valence-corrected chi connectivity index (χ3v) is 4.94. The molecule has 1 aliphatic rings. The van der Waals surface area contributed by atoms with Crippen LogP contribution in [-0.2, 0) is 6.42 Å². The highest BCUT2D eigenvalue weighted by molar-refractivity contribution is 6.30. The largest absolute Gasteiger partial charge is 0.302 e. The minimum absolute atomic E-state index is 0.0465. The molecule has 0 aliphatic heterocycles. The second-order valence-corrected chi connectivity index (χ2v) is 6.28. The summed E-state index contributed by atoms with van der Waals surface area (Å²) in [6, 6.07) is 5.08. The van der Waals surface area contributed by atoms with Gasteiger partial charge in [0.15, 0.2) is 0 Å². The van der Waals surface area contributed by atoms with Crippen LogP contribution in [-0.4, -0.2) is 30.6 Å². The highest BCUT2D eigenvalue weighted by atomic mass is 35.5. The molecule has 0 radical (unpaired) electrons. The van der Waals surface area contributed by atoms with E-state index in [-0.39, 0.29) is 22.4 Å². The Morgan fingerprint density at radius 1 is 1.40 bits per heavy atom. The zero-order chi connectivity index (χ0) is 14.8. The third kappa shape index (κ3) is 2.98. The maximum atomic E-state index is 13.6. The molecule has 1 fully saturated rings. The minimum atomic E-state index is -0.370. The van der Waals surface area contributed by atoms with E-state index < -0.39 is 0 Å². The molecule has 0 amide bonds. The van der Waals surface area contributed by atoms with Gasteiger partial charge in [0.2, 0.25) is 0 Å². The third-order valence-electron chi connectivity index (χ3n) is 4.63. The topological polar surface area (TPSA) is 41.3 Å². The molecule has 0 spiro atoms. The number of hydrogen-bond acceptors (Lipinski definition) is 3. The van der Waals surface area contributed by atoms with Gasteiger partial charge < -0.3 is 4.90 Å². The van der Waals surface area contributed by atoms with Crippen molar-refractivity contribution in [2.45, 2.75) is 43.7 Å². The van der Waals surface area contributed by atoms with E-state index >= 15 is 0 Å². The molecule has 3 N–H and O–H groups in total. The fourth-order valence-electron chi connectivity index (χ4n) is 3.40. The first-order chi connectivity index (χ1) is 9.49. The summed E-state index contributed by atoms with van der Waals surface area (Å²) in [4.78, 5) is 2.26. The Bertz CT molecular complexity index is 458. The fraction of sp³-hybridized carbons (Fsp3) is 0.600. The van der Waals surface area contributed by atoms with Gasteiger partial charge in [-0.3, -0.25) is 11.3 Å². The van der Waals surface area contributed by atoms with Gasteiger partial charge in [0.1, 0.15) is 5.82 Å². The molecule has 1 saturated carbocycles. The van der Waals surface area contributed by atoms with Gasteiger partial charge in [-0.05, 0) is 51.1 Å². The number of likely N-dealkylation sites (N-methyl/N-ethyl adjacent to an activating group) is 1. The van der Waals surface area contributed by atoms with Crippen LogP contribution in [0, 0.1) is 5.82 Å². The van der Waals surface area contributed by atoms with Crippen molar-refractivity contribution in [1.82, 2.24) is 10.3 Å². The number of nitrogens with one attached hydrogen (secondary N) is 1. The highest BCUT2D eigenvalue weighted by Gasteiger charge is 2.42. The molecule has 1 unspecified atom stereocenters. The molecule has 112 valence electrons. The van der Waals surface area contributed by atoms with Gasteiger partial charge in [0.25, 0.3) is 0 Å². The van der Waals surface area contributed by atoms with Crippen molar-refractivity contribution < 1.29 is 4.39 Å². The van der Waals surface area contributed by atoms with E-state index in [2.05, 4.69) is 24.4 Å². The smallest absolute Gasteiger partial charge is 0.142 e. The Morgan fingerprint density at radius 3 is 2.55 bits per heavy atom. The molecule has 0 heterocycles. The van der Waals surface area contributed by atoms with Crippen LogP contribution in [0.1, 0.15) is 31.2 Å². The maximum Gasteiger partial charge on any atom is 0.142 e. The van der Waals surface area contributed by atoms with Crippen LogP contribution >= 0.6 is 11.6 Å². The van der Waals surface area contributed by atoms with Crippen LogP contribution in [0.15, 0.2) is 18.2 Å². The summed E-state index contributed by atoms with van der Waals surface area (Å²) in [5, 5.41) is 0.161. The summed E-state index contributed by atoms with van der Waals surface area (Å²) >= 11 is 5.73. The zero-order valence-electron chi connectivity index (χ0n) is 12.1. The molecule has 0 bridgehead atoms. The van der Waals surface area contributed by atoms with Gasteiger partial charge >= 0.3 is 0 Å². The molecule has 1 aliphatic carbocycles. The van der Waals surface area contributed by atoms with E-state index in [4.69, 9.17) is 17.4 Å². The molecule has 0 aromatic heterocycles. The van der Waals surface area contributed by atoms with Crippen LogP contribution in [0.4, 0.5) is 4.39 Å². The van der Waals surface area contributed by atoms with Gasteiger partial charge in [-0.25, -0.2) is 4.39 Å². The summed E-state index contributed by atoms with van der Waals surface area (Å²) < 4.78 is 13.6. The lowest BCUT2D eigenvalue weighted by molar-refractivity contribution is 0.104. The maximum absolute atomic E-state index is 13.6. The van der Waals surface area contributed by atoms with E-state index in [1.54, 1.807) is 6.07 Å². The van der Waals surface area contributed by atoms with Crippen molar-refractivity contribution in [2.75, 3.05) is 14.1 Å². The summed E-state index contributed by atoms with van der Waals surface area (Å²) in [5.74, 6) is 5.42. The second-order valence-electron chi connectivity index (χ2n) is 5.88. The summed E-state index contributed by atoms with van der Waals surface area (Å²) in [7, 11) is 4.19. The van der Waals surface area contributed by atoms with Crippen molar-refractivity contribution in [3.63, 3.8) is 0 Å². The standard InChI is InChI=1S/C15H23ClFN3/c1-20(2)15(7-3-4-8-15)14(19-18)10-11-5-6-12(16)13(17)9-11/h5-6,9,14,19H,3-4,7-8,10,18H2,1-2H3. The number of hydrazine groups is 1. The number of rotatable bonds is 5. The SMILES string of the molecule is CN(C)C1(C(Cc2ccc(Cl)c(F)c2)NN)CCCC1. The summed E-state index contributed by atoms with van der Waals surface area (Å²) in [5.41, 5.74) is 3.92. The number of halogens is 2. The first-order valence-corrected chi connectivity index (χ1v) is 7.45. The average Bonchev–Trinajstić information content (AvgIpc) is 2.90. The molecule has 1 atom stereocenters. The highest BCUT2D eigenvalue weighted by Crippen LogP contribution is 2.37. The lowest BCUT2D eigenvalue weighted by Gasteiger charge is -2.43. The van der Waals surface area contributed by atoms with Crippen molar-refractivity contribution >= 4 is 11.6 Å². The Kier molecular flexibility index (Phi) is 5.02. The lowest BCUT2D eigenvalue weighted by atomic mass is 9.83. The molecule has 1 aromatic carbocycles. The Labute approximate surface area is 125 Å². The van der Waals surface area contributed by atoms with E-state index in [0.29, 0.717) is 6.42 Å². The zero-order valence-corrected chi connectivity index (χ0v) is 12.9. The molecular formula is C15H23ClFN3. The fourth-order valence-corrected chi connectivity index (χ4v) is 3.52. The van der Waals surface area contributed by atoms with E-state index in [1.165, 1.54) is 18.9 Å². The summed E-state index contributed by atoms with van der Waals surface area (Å²) in [6.07, 6.45) is 5.36. The van der Waals surface area contributed by atoms with Crippen LogP contribution in [0.25, 0.3) is 0 Å². The van der Waals surface area contributed by atoms with Crippen LogP contribution in [0.5, 0.6) is 0 Å². The lowest BCUT2D eigenvalue weighted by Crippen LogP contribution is -2.60. The van der Waals surface area contributed by atoms with E-state index in [9.17, 15) is 4.39 Å². The van der Waals surface area contributed by atoms with Gasteiger partial charge in [-0.15, -0.1) is 0 Å². The molecule has 1 aromatic rings. The predicted octanol–water partition coefficient (Wildman–Crippen LogP) is 2.73. The second kappa shape index (κ2) is 6.39. The normalized spacial score (nSPS) is 19.5. The number of benzene rings is 1. The predicted molar refractivity (Wildman–Crippen MR) is 81.1 cm³/mol. The van der Waals surface area contributed by atoms with Crippen LogP contribution < -0.4 is 11.3 Å². The number of hydrogen-bond donors (Lipinski definition) is 2. The van der Waals surface area contributed by atoms with Crippen molar-refractivity contribution in [2.24, 2.45) is 5.84 Å². The minimum Gasteiger partial charge on any atom is -0.302 e. The Morgan fingerprint density at radius 2 is 2.05 bits per heavy atom. The van der Waals surface area contributed by atoms with E-state index in [0.717, 1.165) is 18.4 Å². The van der Waals surface area contributed by atoms with Crippen molar-refractivity contribution in [3.8, 4) is 0 Å². The molecule has 2 rings (SSSR count). The summed E-state index contributed by atoms with van der Waals surface area (Å²) in [6.45, 7) is 0. The monoisotopic (exact) mass is 299 g/mol. The van der Waals surface area contributed by atoms with E-state index in [1.807, 2.05) is 6.07 Å². The first-order valence-electron chi connectivity index (χ1n) is 7.07. The molecule has 3 nitrogen and oxygen atoms in total. The quantitative estimate of drug-likeness (QED) is 0.649.